The van der Waals surface area contributed by atoms with E-state index in [1.807, 2.05) is 6.20 Å². The molecule has 1 fully saturated rings. The van der Waals surface area contributed by atoms with Crippen molar-refractivity contribution in [3.05, 3.63) is 12.4 Å². The second-order valence-electron chi connectivity index (χ2n) is 4.63. The zero-order valence-electron chi connectivity index (χ0n) is 10.2. The second-order valence-corrected chi connectivity index (χ2v) is 4.63. The summed E-state index contributed by atoms with van der Waals surface area (Å²) in [6, 6.07) is 0.533. The quantitative estimate of drug-likeness (QED) is 0.832. The molecule has 0 bridgehead atoms. The first kappa shape index (κ1) is 11.3. The molecule has 0 spiro atoms. The van der Waals surface area contributed by atoms with E-state index < -0.39 is 0 Å². The highest BCUT2D eigenvalue weighted by molar-refractivity contribution is 5.47. The van der Waals surface area contributed by atoms with Crippen molar-refractivity contribution in [2.45, 2.75) is 31.7 Å². The third kappa shape index (κ3) is 1.90. The average molecular weight is 247 g/mol. The smallest absolute Gasteiger partial charge is 0.199 e. The molecule has 7 heteroatoms. The second kappa shape index (κ2) is 4.85. The predicted molar refractivity (Wildman–Crippen MR) is 67.2 cm³/mol. The van der Waals surface area contributed by atoms with E-state index in [1.165, 1.54) is 25.7 Å². The fourth-order valence-corrected chi connectivity index (χ4v) is 2.70. The Hall–Kier alpha value is -1.76. The first-order valence-corrected chi connectivity index (χ1v) is 6.39. The first-order valence-electron chi connectivity index (χ1n) is 6.39. The van der Waals surface area contributed by atoms with E-state index >= 15 is 0 Å². The van der Waals surface area contributed by atoms with Gasteiger partial charge in [0.1, 0.15) is 0 Å². The van der Waals surface area contributed by atoms with Crippen molar-refractivity contribution >= 4 is 11.5 Å². The Morgan fingerprint density at radius 1 is 1.33 bits per heavy atom. The van der Waals surface area contributed by atoms with E-state index in [1.54, 1.807) is 10.7 Å². The standard InChI is InChI=1S/C11H17N7/c12-5-6-17(9-3-1-2-4-9)11-8-13-7-10-14-15-16-18(10)11/h7-9H,1-6,12H2. The molecule has 2 N–H and O–H groups in total. The molecule has 0 aliphatic heterocycles. The van der Waals surface area contributed by atoms with Gasteiger partial charge in [-0.15, -0.1) is 5.10 Å². The third-order valence-corrected chi connectivity index (χ3v) is 3.52. The van der Waals surface area contributed by atoms with Gasteiger partial charge in [-0.1, -0.05) is 12.8 Å². The van der Waals surface area contributed by atoms with E-state index in [-0.39, 0.29) is 0 Å². The van der Waals surface area contributed by atoms with Gasteiger partial charge in [-0.3, -0.25) is 4.98 Å². The number of tetrazole rings is 1. The number of aromatic nitrogens is 5. The molecule has 1 aliphatic rings. The van der Waals surface area contributed by atoms with Crippen LogP contribution >= 0.6 is 0 Å². The summed E-state index contributed by atoms with van der Waals surface area (Å²) in [4.78, 5) is 6.51. The van der Waals surface area contributed by atoms with Crippen LogP contribution in [-0.2, 0) is 0 Å². The van der Waals surface area contributed by atoms with Gasteiger partial charge in [0.2, 0.25) is 0 Å². The average Bonchev–Trinajstić information content (AvgIpc) is 3.06. The maximum absolute atomic E-state index is 5.73. The van der Waals surface area contributed by atoms with E-state index in [9.17, 15) is 0 Å². The maximum Gasteiger partial charge on any atom is 0.199 e. The number of fused-ring (bicyclic) bond motifs is 1. The lowest BCUT2D eigenvalue weighted by Gasteiger charge is -2.30. The summed E-state index contributed by atoms with van der Waals surface area (Å²) in [5.41, 5.74) is 6.40. The van der Waals surface area contributed by atoms with Gasteiger partial charge in [-0.25, -0.2) is 0 Å². The van der Waals surface area contributed by atoms with Crippen LogP contribution in [0, 0.1) is 0 Å². The van der Waals surface area contributed by atoms with Gasteiger partial charge in [0.05, 0.1) is 12.4 Å². The molecule has 2 aromatic heterocycles. The molecule has 2 aromatic rings. The molecular weight excluding hydrogens is 230 g/mol. The Morgan fingerprint density at radius 2 is 2.17 bits per heavy atom. The van der Waals surface area contributed by atoms with Crippen LogP contribution in [0.15, 0.2) is 12.4 Å². The lowest BCUT2D eigenvalue weighted by Crippen LogP contribution is -2.38. The molecule has 96 valence electrons. The number of nitrogens with two attached hydrogens (primary N) is 1. The summed E-state index contributed by atoms with van der Waals surface area (Å²) >= 11 is 0. The minimum atomic E-state index is 0.533. The summed E-state index contributed by atoms with van der Waals surface area (Å²) in [6.45, 7) is 1.43. The number of hydrogen-bond donors (Lipinski definition) is 1. The van der Waals surface area contributed by atoms with Crippen molar-refractivity contribution in [1.82, 2.24) is 25.0 Å². The molecule has 1 aliphatic carbocycles. The van der Waals surface area contributed by atoms with E-state index in [2.05, 4.69) is 25.4 Å². The van der Waals surface area contributed by atoms with Crippen molar-refractivity contribution in [1.29, 1.82) is 0 Å². The summed E-state index contributed by atoms with van der Waals surface area (Å²) in [6.07, 6.45) is 8.46. The summed E-state index contributed by atoms with van der Waals surface area (Å²) < 4.78 is 1.74. The van der Waals surface area contributed by atoms with Crippen LogP contribution in [0.1, 0.15) is 25.7 Å². The molecule has 7 nitrogen and oxygen atoms in total. The Kier molecular flexibility index (Phi) is 3.06. The molecular formula is C11H17N7. The molecule has 0 radical (unpaired) electrons. The fraction of sp³-hybridized carbons (Fsp3) is 0.636. The number of anilines is 1. The largest absolute Gasteiger partial charge is 0.351 e. The van der Waals surface area contributed by atoms with E-state index in [4.69, 9.17) is 5.73 Å². The van der Waals surface area contributed by atoms with Gasteiger partial charge in [-0.2, -0.15) is 4.52 Å². The lowest BCUT2D eigenvalue weighted by molar-refractivity contribution is 0.591. The monoisotopic (exact) mass is 247 g/mol. The van der Waals surface area contributed by atoms with Gasteiger partial charge in [0, 0.05) is 19.1 Å². The molecule has 0 amide bonds. The van der Waals surface area contributed by atoms with Crippen molar-refractivity contribution in [2.24, 2.45) is 5.73 Å². The van der Waals surface area contributed by atoms with Crippen molar-refractivity contribution in [3.8, 4) is 0 Å². The fourth-order valence-electron chi connectivity index (χ4n) is 2.70. The Labute approximate surface area is 105 Å². The van der Waals surface area contributed by atoms with Gasteiger partial charge >= 0.3 is 0 Å². The molecule has 1 saturated carbocycles. The van der Waals surface area contributed by atoms with Crippen molar-refractivity contribution < 1.29 is 0 Å². The SMILES string of the molecule is NCCN(c1cncc2nnnn12)C1CCCC1. The number of hydrogen-bond acceptors (Lipinski definition) is 6. The Morgan fingerprint density at radius 3 is 2.94 bits per heavy atom. The molecule has 0 saturated heterocycles. The van der Waals surface area contributed by atoms with Gasteiger partial charge in [0.15, 0.2) is 11.5 Å². The normalized spacial score (nSPS) is 16.5. The summed E-state index contributed by atoms with van der Waals surface area (Å²) in [5.74, 6) is 0.940. The van der Waals surface area contributed by atoms with Crippen LogP contribution in [0.2, 0.25) is 0 Å². The van der Waals surface area contributed by atoms with Crippen molar-refractivity contribution in [2.75, 3.05) is 18.0 Å². The third-order valence-electron chi connectivity index (χ3n) is 3.52. The molecule has 2 heterocycles. The molecule has 0 aromatic carbocycles. The Bertz CT molecular complexity index is 517. The first-order chi connectivity index (χ1) is 8.90. The van der Waals surface area contributed by atoms with E-state index in [0.29, 0.717) is 18.2 Å². The minimum Gasteiger partial charge on any atom is -0.351 e. The van der Waals surface area contributed by atoms with Crippen LogP contribution in [-0.4, -0.2) is 44.2 Å². The van der Waals surface area contributed by atoms with Gasteiger partial charge in [-0.05, 0) is 23.3 Å². The maximum atomic E-state index is 5.73. The van der Waals surface area contributed by atoms with Gasteiger partial charge < -0.3 is 10.6 Å². The van der Waals surface area contributed by atoms with Gasteiger partial charge in [0.25, 0.3) is 0 Å². The summed E-state index contributed by atoms with van der Waals surface area (Å²) in [7, 11) is 0. The van der Waals surface area contributed by atoms with Crippen molar-refractivity contribution in [3.63, 3.8) is 0 Å². The lowest BCUT2D eigenvalue weighted by atomic mass is 10.2. The van der Waals surface area contributed by atoms with Crippen LogP contribution < -0.4 is 10.6 Å². The topological polar surface area (TPSA) is 85.2 Å². The highest BCUT2D eigenvalue weighted by atomic mass is 15.5. The Balaban J connectivity index is 2.00. The number of rotatable bonds is 4. The molecule has 0 atom stereocenters. The summed E-state index contributed by atoms with van der Waals surface area (Å²) in [5, 5.41) is 11.7. The zero-order valence-corrected chi connectivity index (χ0v) is 10.2. The predicted octanol–water partition coefficient (Wildman–Crippen LogP) is 0.227. The molecule has 3 rings (SSSR count). The van der Waals surface area contributed by atoms with Crippen LogP contribution in [0.5, 0.6) is 0 Å². The van der Waals surface area contributed by atoms with Crippen LogP contribution in [0.4, 0.5) is 5.82 Å². The molecule has 0 unspecified atom stereocenters. The highest BCUT2D eigenvalue weighted by Crippen LogP contribution is 2.27. The molecule has 18 heavy (non-hydrogen) atoms. The van der Waals surface area contributed by atoms with Crippen LogP contribution in [0.3, 0.4) is 0 Å². The number of nitrogens with zero attached hydrogens (tertiary/aromatic N) is 6. The van der Waals surface area contributed by atoms with Crippen LogP contribution in [0.25, 0.3) is 5.65 Å². The van der Waals surface area contributed by atoms with E-state index in [0.717, 1.165) is 12.4 Å². The minimum absolute atomic E-state index is 0.533. The zero-order chi connectivity index (χ0) is 12.4. The highest BCUT2D eigenvalue weighted by Gasteiger charge is 2.24.